The minimum Gasteiger partial charge on any atom is -0.376 e. The number of benzene rings is 1. The van der Waals surface area contributed by atoms with Gasteiger partial charge in [-0.15, -0.1) is 0 Å². The van der Waals surface area contributed by atoms with Crippen LogP contribution in [0.2, 0.25) is 0 Å². The van der Waals surface area contributed by atoms with E-state index in [9.17, 15) is 21.6 Å². The number of halogens is 3. The summed E-state index contributed by atoms with van der Waals surface area (Å²) in [4.78, 5) is 2.21. The number of hydrogen-bond donors (Lipinski definition) is 0. The fourth-order valence-electron chi connectivity index (χ4n) is 3.43. The number of likely N-dealkylation sites (tertiary alicyclic amines) is 1. The van der Waals surface area contributed by atoms with E-state index < -0.39 is 15.6 Å². The molecule has 1 heterocycles. The van der Waals surface area contributed by atoms with E-state index >= 15 is 0 Å². The van der Waals surface area contributed by atoms with Crippen LogP contribution in [0.1, 0.15) is 44.2 Å². The van der Waals surface area contributed by atoms with Crippen molar-refractivity contribution in [3.8, 4) is 0 Å². The van der Waals surface area contributed by atoms with E-state index in [0.29, 0.717) is 12.0 Å². The van der Waals surface area contributed by atoms with Gasteiger partial charge in [0.15, 0.2) is 0 Å². The second-order valence-corrected chi connectivity index (χ2v) is 7.92. The van der Waals surface area contributed by atoms with Gasteiger partial charge in [-0.2, -0.15) is 21.6 Å². The zero-order chi connectivity index (χ0) is 19.6. The zero-order valence-corrected chi connectivity index (χ0v) is 16.0. The van der Waals surface area contributed by atoms with E-state index in [1.807, 2.05) is 33.0 Å². The van der Waals surface area contributed by atoms with Crippen molar-refractivity contribution in [1.29, 1.82) is 0 Å². The van der Waals surface area contributed by atoms with Crippen molar-refractivity contribution in [1.82, 2.24) is 4.90 Å². The lowest BCUT2D eigenvalue weighted by molar-refractivity contribution is -0.0509. The molecule has 26 heavy (non-hydrogen) atoms. The fourth-order valence-corrected chi connectivity index (χ4v) is 3.92. The van der Waals surface area contributed by atoms with Gasteiger partial charge in [-0.3, -0.25) is 0 Å². The van der Waals surface area contributed by atoms with Crippen LogP contribution in [-0.4, -0.2) is 39.0 Å². The summed E-state index contributed by atoms with van der Waals surface area (Å²) < 4.78 is 64.9. The molecule has 4 nitrogen and oxygen atoms in total. The summed E-state index contributed by atoms with van der Waals surface area (Å²) in [5.74, 6) is -0.229. The van der Waals surface area contributed by atoms with Crippen LogP contribution in [0.15, 0.2) is 30.3 Å². The third-order valence-electron chi connectivity index (χ3n) is 4.87. The van der Waals surface area contributed by atoms with Crippen molar-refractivity contribution in [2.24, 2.45) is 0 Å². The van der Waals surface area contributed by atoms with Crippen LogP contribution < -0.4 is 0 Å². The first kappa shape index (κ1) is 20.8. The molecule has 3 rings (SSSR count). The lowest BCUT2D eigenvalue weighted by atomic mass is 9.66. The van der Waals surface area contributed by atoms with Crippen LogP contribution in [-0.2, 0) is 19.7 Å². The molecule has 1 spiro atoms. The number of alkyl halides is 3. The molecule has 0 atom stereocenters. The molecule has 1 saturated heterocycles. The van der Waals surface area contributed by atoms with E-state index in [4.69, 9.17) is 0 Å². The SMILES string of the molecule is CC.CN1CCC2(CC=C(OS(=O)(=O)C(F)(F)F)c3ccccc32)CC1. The summed E-state index contributed by atoms with van der Waals surface area (Å²) >= 11 is 0. The Hall–Kier alpha value is -1.54. The fraction of sp³-hybridized carbons (Fsp3) is 0.556. The first-order valence-electron chi connectivity index (χ1n) is 8.64. The predicted molar refractivity (Wildman–Crippen MR) is 94.9 cm³/mol. The Bertz CT molecular complexity index is 764. The molecule has 0 bridgehead atoms. The maximum Gasteiger partial charge on any atom is 0.534 e. The van der Waals surface area contributed by atoms with Gasteiger partial charge in [-0.1, -0.05) is 38.1 Å². The van der Waals surface area contributed by atoms with Crippen LogP contribution in [0.4, 0.5) is 13.2 Å². The van der Waals surface area contributed by atoms with Gasteiger partial charge in [-0.05, 0) is 51.0 Å². The first-order chi connectivity index (χ1) is 12.1. The van der Waals surface area contributed by atoms with Crippen molar-refractivity contribution in [3.05, 3.63) is 41.5 Å². The van der Waals surface area contributed by atoms with Gasteiger partial charge in [-0.25, -0.2) is 0 Å². The van der Waals surface area contributed by atoms with Crippen LogP contribution in [0.25, 0.3) is 5.76 Å². The molecule has 146 valence electrons. The van der Waals surface area contributed by atoms with Gasteiger partial charge in [0.2, 0.25) is 0 Å². The van der Waals surface area contributed by atoms with Crippen molar-refractivity contribution in [3.63, 3.8) is 0 Å². The minimum absolute atomic E-state index is 0.169. The van der Waals surface area contributed by atoms with Crippen LogP contribution >= 0.6 is 0 Å². The highest BCUT2D eigenvalue weighted by Crippen LogP contribution is 2.46. The van der Waals surface area contributed by atoms with Crippen LogP contribution in [0.3, 0.4) is 0 Å². The first-order valence-corrected chi connectivity index (χ1v) is 10.0. The summed E-state index contributed by atoms with van der Waals surface area (Å²) in [6.45, 7) is 5.78. The number of rotatable bonds is 2. The van der Waals surface area contributed by atoms with Crippen molar-refractivity contribution in [2.45, 2.75) is 44.0 Å². The minimum atomic E-state index is -5.67. The van der Waals surface area contributed by atoms with E-state index in [0.717, 1.165) is 31.5 Å². The van der Waals surface area contributed by atoms with Crippen LogP contribution in [0.5, 0.6) is 0 Å². The molecular weight excluding hydrogens is 367 g/mol. The standard InChI is InChI=1S/C16H18F3NO3S.C2H6/c1-20-10-8-15(9-11-20)7-6-14(12-4-2-3-5-13(12)15)23-24(21,22)16(17,18)19;1-2/h2-6H,7-11H2,1H3;1-2H3. The smallest absolute Gasteiger partial charge is 0.376 e. The maximum absolute atomic E-state index is 12.6. The Labute approximate surface area is 152 Å². The van der Waals surface area contributed by atoms with Gasteiger partial charge in [0.05, 0.1) is 0 Å². The van der Waals surface area contributed by atoms with E-state index in [1.54, 1.807) is 12.1 Å². The summed E-state index contributed by atoms with van der Waals surface area (Å²) in [5.41, 5.74) is -4.31. The number of piperidine rings is 1. The Kier molecular flexibility index (Phi) is 6.07. The van der Waals surface area contributed by atoms with E-state index in [-0.39, 0.29) is 11.2 Å². The monoisotopic (exact) mass is 391 g/mol. The van der Waals surface area contributed by atoms with Gasteiger partial charge in [0.1, 0.15) is 5.76 Å². The van der Waals surface area contributed by atoms with Crippen LogP contribution in [0, 0.1) is 0 Å². The van der Waals surface area contributed by atoms with Crippen molar-refractivity contribution in [2.75, 3.05) is 20.1 Å². The number of allylic oxidation sites excluding steroid dienone is 1. The molecule has 1 aromatic rings. The van der Waals surface area contributed by atoms with Gasteiger partial charge in [0, 0.05) is 11.0 Å². The summed E-state index contributed by atoms with van der Waals surface area (Å²) in [6, 6.07) is 6.97. The largest absolute Gasteiger partial charge is 0.534 e. The van der Waals surface area contributed by atoms with Gasteiger partial charge >= 0.3 is 15.6 Å². The molecule has 8 heteroatoms. The van der Waals surface area contributed by atoms with E-state index in [1.165, 1.54) is 6.08 Å². The Morgan fingerprint density at radius 1 is 1.12 bits per heavy atom. The number of hydrogen-bond acceptors (Lipinski definition) is 4. The summed E-state index contributed by atoms with van der Waals surface area (Å²) in [6.07, 6.45) is 3.70. The van der Waals surface area contributed by atoms with E-state index in [2.05, 4.69) is 9.08 Å². The zero-order valence-electron chi connectivity index (χ0n) is 15.1. The quantitative estimate of drug-likeness (QED) is 0.557. The van der Waals surface area contributed by atoms with Gasteiger partial charge < -0.3 is 9.08 Å². The normalized spacial score (nSPS) is 19.8. The summed E-state index contributed by atoms with van der Waals surface area (Å²) in [7, 11) is -3.64. The maximum atomic E-state index is 12.6. The Morgan fingerprint density at radius 2 is 1.69 bits per heavy atom. The molecule has 0 saturated carbocycles. The molecular formula is C18H24F3NO3S. The molecule has 1 aliphatic heterocycles. The highest BCUT2D eigenvalue weighted by molar-refractivity contribution is 7.87. The molecule has 0 amide bonds. The topological polar surface area (TPSA) is 46.6 Å². The third-order valence-corrected chi connectivity index (χ3v) is 5.84. The summed E-state index contributed by atoms with van der Waals surface area (Å²) in [5, 5.41) is 0. The molecule has 2 aliphatic rings. The number of fused-ring (bicyclic) bond motifs is 2. The Balaban J connectivity index is 0.00000117. The average Bonchev–Trinajstić information content (AvgIpc) is 2.61. The molecule has 0 unspecified atom stereocenters. The van der Waals surface area contributed by atoms with Crippen molar-refractivity contribution >= 4 is 15.9 Å². The third kappa shape index (κ3) is 3.91. The lowest BCUT2D eigenvalue weighted by Gasteiger charge is -2.43. The molecule has 0 radical (unpaired) electrons. The molecule has 1 aliphatic carbocycles. The molecule has 0 N–H and O–H groups in total. The van der Waals surface area contributed by atoms with Gasteiger partial charge in [0.25, 0.3) is 0 Å². The molecule has 1 fully saturated rings. The number of nitrogens with zero attached hydrogens (tertiary/aromatic N) is 1. The molecule has 1 aromatic carbocycles. The highest BCUT2D eigenvalue weighted by atomic mass is 32.2. The average molecular weight is 391 g/mol. The van der Waals surface area contributed by atoms with Crippen molar-refractivity contribution < 1.29 is 25.8 Å². The second kappa shape index (κ2) is 7.60. The lowest BCUT2D eigenvalue weighted by Crippen LogP contribution is -2.42. The Morgan fingerprint density at radius 3 is 2.27 bits per heavy atom. The molecule has 0 aromatic heterocycles. The highest BCUT2D eigenvalue weighted by Gasteiger charge is 2.50. The predicted octanol–water partition coefficient (Wildman–Crippen LogP) is 4.29. The second-order valence-electron chi connectivity index (χ2n) is 6.38.